The molecule has 3 saturated carbocycles. The van der Waals surface area contributed by atoms with Crippen LogP contribution in [0.5, 0.6) is 0 Å². The first kappa shape index (κ1) is 21.0. The first-order chi connectivity index (χ1) is 14.7. The van der Waals surface area contributed by atoms with Crippen LogP contribution in [0, 0.1) is 47.3 Å². The smallest absolute Gasteiger partial charge is 0.246 e. The van der Waals surface area contributed by atoms with Crippen molar-refractivity contribution >= 4 is 11.7 Å². The number of benzene rings is 1. The molecule has 3 unspecified atom stereocenters. The Bertz CT molecular complexity index is 950. The summed E-state index contributed by atoms with van der Waals surface area (Å²) in [5.74, 6) is 2.94. The summed E-state index contributed by atoms with van der Waals surface area (Å²) < 4.78 is 0. The van der Waals surface area contributed by atoms with Gasteiger partial charge in [-0.05, 0) is 79.8 Å². The minimum absolute atomic E-state index is 0.0637. The third-order valence-corrected chi connectivity index (χ3v) is 10.2. The summed E-state index contributed by atoms with van der Waals surface area (Å²) in [5.41, 5.74) is 2.18. The maximum atomic E-state index is 13.8. The quantitative estimate of drug-likeness (QED) is 0.578. The number of rotatable bonds is 2. The van der Waals surface area contributed by atoms with Gasteiger partial charge in [-0.15, -0.1) is 0 Å². The molecule has 0 saturated heterocycles. The molecule has 3 aliphatic carbocycles. The molecule has 0 spiro atoms. The topological polar surface area (TPSA) is 37.4 Å². The number of amides is 1. The molecule has 5 rings (SSSR count). The summed E-state index contributed by atoms with van der Waals surface area (Å²) in [6.45, 7) is 9.21. The number of hydrogen-bond donors (Lipinski definition) is 0. The predicted molar refractivity (Wildman–Crippen MR) is 124 cm³/mol. The molecule has 8 atom stereocenters. The Morgan fingerprint density at radius 1 is 1.10 bits per heavy atom. The third-order valence-electron chi connectivity index (χ3n) is 10.2. The van der Waals surface area contributed by atoms with Crippen molar-refractivity contribution in [2.24, 2.45) is 40.4 Å². The second-order valence-electron chi connectivity index (χ2n) is 11.5. The van der Waals surface area contributed by atoms with Gasteiger partial charge in [-0.2, -0.15) is 0 Å². The summed E-state index contributed by atoms with van der Waals surface area (Å²) in [6.07, 6.45) is 9.79. The van der Waals surface area contributed by atoms with Crippen molar-refractivity contribution in [2.45, 2.75) is 65.8 Å². The molecule has 166 valence electrons. The van der Waals surface area contributed by atoms with E-state index >= 15 is 0 Å². The molecule has 0 radical (unpaired) electrons. The lowest BCUT2D eigenvalue weighted by Crippen LogP contribution is -2.59. The zero-order valence-electron chi connectivity index (χ0n) is 19.7. The van der Waals surface area contributed by atoms with Crippen LogP contribution >= 0.6 is 0 Å². The number of nitrogens with zero attached hydrogens (tertiary/aromatic N) is 1. The van der Waals surface area contributed by atoms with Crippen molar-refractivity contribution in [3.8, 4) is 0 Å². The number of ketones is 1. The summed E-state index contributed by atoms with van der Waals surface area (Å²) in [6, 6.07) is 8.45. The van der Waals surface area contributed by atoms with Gasteiger partial charge in [0.15, 0.2) is 5.78 Å². The van der Waals surface area contributed by atoms with Crippen molar-refractivity contribution in [2.75, 3.05) is 7.05 Å². The zero-order chi connectivity index (χ0) is 22.1. The molecule has 3 nitrogen and oxygen atoms in total. The molecule has 0 N–H and O–H groups in total. The number of hydrogen-bond acceptors (Lipinski definition) is 2. The lowest BCUT2D eigenvalue weighted by atomic mass is 9.47. The van der Waals surface area contributed by atoms with Crippen LogP contribution in [0.2, 0.25) is 0 Å². The summed E-state index contributed by atoms with van der Waals surface area (Å²) in [5, 5.41) is 0. The van der Waals surface area contributed by atoms with E-state index in [1.54, 1.807) is 0 Å². The van der Waals surface area contributed by atoms with Crippen molar-refractivity contribution in [1.29, 1.82) is 0 Å². The van der Waals surface area contributed by atoms with Crippen LogP contribution in [-0.4, -0.2) is 29.7 Å². The highest BCUT2D eigenvalue weighted by atomic mass is 16.2. The lowest BCUT2D eigenvalue weighted by molar-refractivity contribution is -0.138. The average molecular weight is 420 g/mol. The number of aryl methyl sites for hydroxylation is 1. The lowest BCUT2D eigenvalue weighted by Gasteiger charge is -2.60. The van der Waals surface area contributed by atoms with E-state index in [4.69, 9.17) is 0 Å². The fraction of sp³-hybridized carbons (Fsp3) is 0.643. The highest BCUT2D eigenvalue weighted by Gasteiger charge is 2.63. The number of Topliss-reactive ketones (excluding diaryl/α,β-unsaturated/α-hetero) is 1. The number of carbonyl (C=O) groups excluding carboxylic acids is 2. The van der Waals surface area contributed by atoms with Crippen LogP contribution in [0.4, 0.5) is 0 Å². The molecule has 1 aliphatic heterocycles. The van der Waals surface area contributed by atoms with E-state index in [0.29, 0.717) is 35.5 Å². The minimum atomic E-state index is 0.0637. The summed E-state index contributed by atoms with van der Waals surface area (Å²) in [4.78, 5) is 28.1. The molecule has 0 bridgehead atoms. The molecule has 31 heavy (non-hydrogen) atoms. The molecule has 1 amide bonds. The van der Waals surface area contributed by atoms with Crippen LogP contribution in [0.3, 0.4) is 0 Å². The van der Waals surface area contributed by atoms with E-state index in [2.05, 4.69) is 39.8 Å². The van der Waals surface area contributed by atoms with E-state index < -0.39 is 0 Å². The van der Waals surface area contributed by atoms with Gasteiger partial charge in [-0.1, -0.05) is 51.1 Å². The molecule has 0 aromatic heterocycles. The van der Waals surface area contributed by atoms with Crippen LogP contribution in [-0.2, 0) is 4.79 Å². The van der Waals surface area contributed by atoms with Crippen molar-refractivity contribution in [3.05, 3.63) is 47.5 Å². The summed E-state index contributed by atoms with van der Waals surface area (Å²) in [7, 11) is 1.98. The van der Waals surface area contributed by atoms with Crippen LogP contribution in [0.25, 0.3) is 0 Å². The highest BCUT2D eigenvalue weighted by molar-refractivity contribution is 6.00. The Labute approximate surface area is 187 Å². The van der Waals surface area contributed by atoms with Gasteiger partial charge < -0.3 is 4.90 Å². The zero-order valence-corrected chi connectivity index (χ0v) is 19.7. The van der Waals surface area contributed by atoms with Gasteiger partial charge in [0.05, 0.1) is 0 Å². The van der Waals surface area contributed by atoms with Gasteiger partial charge in [0, 0.05) is 30.0 Å². The first-order valence-corrected chi connectivity index (χ1v) is 12.2. The Hall–Kier alpha value is -1.90. The van der Waals surface area contributed by atoms with Crippen LogP contribution in [0.1, 0.15) is 68.8 Å². The van der Waals surface area contributed by atoms with E-state index in [-0.39, 0.29) is 22.7 Å². The van der Waals surface area contributed by atoms with Gasteiger partial charge >= 0.3 is 0 Å². The summed E-state index contributed by atoms with van der Waals surface area (Å²) >= 11 is 0. The Kier molecular flexibility index (Phi) is 4.77. The predicted octanol–water partition coefficient (Wildman–Crippen LogP) is 5.68. The monoisotopic (exact) mass is 419 g/mol. The van der Waals surface area contributed by atoms with E-state index in [1.807, 2.05) is 36.2 Å². The Balaban J connectivity index is 1.48. The standard InChI is InChI=1S/C28H37NO2/c1-17-8-6-7-9-19(17)26(31)25-18(2)16-22-20-10-11-23-27(3,15-13-24(30)29(23)5)21(20)12-14-28(22,25)4/h6-9,13,15,18,20-23,25H,10-12,14,16H2,1-5H3/t18?,20-,21-,22+,23?,25?,27-,28+/m1/s1. The van der Waals surface area contributed by atoms with Crippen LogP contribution < -0.4 is 0 Å². The molecule has 3 heteroatoms. The van der Waals surface area contributed by atoms with E-state index in [9.17, 15) is 9.59 Å². The number of carbonyl (C=O) groups is 2. The first-order valence-electron chi connectivity index (χ1n) is 12.2. The van der Waals surface area contributed by atoms with Crippen molar-refractivity contribution in [3.63, 3.8) is 0 Å². The fourth-order valence-electron chi connectivity index (χ4n) is 8.68. The Morgan fingerprint density at radius 2 is 1.84 bits per heavy atom. The van der Waals surface area contributed by atoms with E-state index in [1.165, 1.54) is 19.3 Å². The molecular weight excluding hydrogens is 382 g/mol. The van der Waals surface area contributed by atoms with Gasteiger partial charge in [0.2, 0.25) is 5.91 Å². The maximum absolute atomic E-state index is 13.8. The molecule has 4 aliphatic rings. The SMILES string of the molecule is Cc1ccccc1C(=O)C1C(C)C[C@H]2[C@@H]3CCC4N(C)C(=O)C=C[C@]4(C)[C@@H]3CC[C@]12C. The fourth-order valence-corrected chi connectivity index (χ4v) is 8.68. The van der Waals surface area contributed by atoms with Gasteiger partial charge in [-0.3, -0.25) is 9.59 Å². The molecule has 3 fully saturated rings. The molecule has 1 aromatic carbocycles. The molecule has 1 aromatic rings. The van der Waals surface area contributed by atoms with Crippen LogP contribution in [0.15, 0.2) is 36.4 Å². The van der Waals surface area contributed by atoms with Gasteiger partial charge in [0.1, 0.15) is 0 Å². The van der Waals surface area contributed by atoms with E-state index in [0.717, 1.165) is 24.0 Å². The number of likely N-dealkylation sites (N-methyl/N-ethyl adjacent to an activating group) is 1. The second kappa shape index (κ2) is 7.05. The van der Waals surface area contributed by atoms with Crippen molar-refractivity contribution in [1.82, 2.24) is 4.90 Å². The van der Waals surface area contributed by atoms with Gasteiger partial charge in [0.25, 0.3) is 0 Å². The molecule has 1 heterocycles. The molecular formula is C28H37NO2. The van der Waals surface area contributed by atoms with Crippen molar-refractivity contribution < 1.29 is 9.59 Å². The van der Waals surface area contributed by atoms with Gasteiger partial charge in [-0.25, -0.2) is 0 Å². The second-order valence-corrected chi connectivity index (χ2v) is 11.5. The number of fused-ring (bicyclic) bond motifs is 5. The largest absolute Gasteiger partial charge is 0.338 e. The highest BCUT2D eigenvalue weighted by Crippen LogP contribution is 2.67. The third kappa shape index (κ3) is 2.84. The minimum Gasteiger partial charge on any atom is -0.338 e. The average Bonchev–Trinajstić information content (AvgIpc) is 3.01. The maximum Gasteiger partial charge on any atom is 0.246 e. The normalized spacial score (nSPS) is 43.9. The Morgan fingerprint density at radius 3 is 2.58 bits per heavy atom.